The average molecular weight is 256 g/mol. The minimum Gasteiger partial charge on any atom is -0.476 e. The molecule has 1 saturated carbocycles. The topological polar surface area (TPSA) is 38.2 Å². The Morgan fingerprint density at radius 2 is 2.06 bits per heavy atom. The molecule has 1 aliphatic carbocycles. The third kappa shape index (κ3) is 3.30. The third-order valence-corrected chi connectivity index (χ3v) is 3.37. The van der Waals surface area contributed by atoms with E-state index in [0.29, 0.717) is 23.5 Å². The number of hydrogen-bond acceptors (Lipinski definition) is 4. The van der Waals surface area contributed by atoms with Crippen LogP contribution in [0.2, 0.25) is 5.15 Å². The lowest BCUT2D eigenvalue weighted by Gasteiger charge is -2.16. The Hall–Kier alpha value is -0.870. The van der Waals surface area contributed by atoms with Crippen LogP contribution in [0.4, 0.5) is 0 Å². The lowest BCUT2D eigenvalue weighted by atomic mass is 10.3. The van der Waals surface area contributed by atoms with Crippen molar-refractivity contribution in [3.63, 3.8) is 0 Å². The molecular formula is C12H18ClN3O. The zero-order chi connectivity index (χ0) is 12.4. The van der Waals surface area contributed by atoms with Crippen LogP contribution in [0.25, 0.3) is 0 Å². The summed E-state index contributed by atoms with van der Waals surface area (Å²) in [4.78, 5) is 10.7. The highest BCUT2D eigenvalue weighted by molar-refractivity contribution is 6.30. The van der Waals surface area contributed by atoms with Crippen LogP contribution < -0.4 is 4.74 Å². The number of aromatic nitrogens is 2. The zero-order valence-corrected chi connectivity index (χ0v) is 11.3. The number of hydrogen-bond donors (Lipinski definition) is 0. The van der Waals surface area contributed by atoms with Gasteiger partial charge in [-0.25, -0.2) is 4.98 Å². The highest BCUT2D eigenvalue weighted by atomic mass is 35.5. The molecule has 17 heavy (non-hydrogen) atoms. The Labute approximate surface area is 107 Å². The summed E-state index contributed by atoms with van der Waals surface area (Å²) < 4.78 is 5.67. The Morgan fingerprint density at radius 3 is 2.71 bits per heavy atom. The van der Waals surface area contributed by atoms with Gasteiger partial charge in [0.15, 0.2) is 0 Å². The summed E-state index contributed by atoms with van der Waals surface area (Å²) >= 11 is 5.98. The summed E-state index contributed by atoms with van der Waals surface area (Å²) in [5.74, 6) is 1.25. The standard InChI is InChI=1S/C12H18ClN3O/c1-8-11(13)14-9(2)15-12(8)17-7-6-16(3)10-4-5-10/h10H,4-7H2,1-3H3. The molecule has 0 bridgehead atoms. The predicted octanol–water partition coefficient (Wildman–Crippen LogP) is 2.22. The van der Waals surface area contributed by atoms with Crippen molar-refractivity contribution in [1.29, 1.82) is 0 Å². The van der Waals surface area contributed by atoms with Gasteiger partial charge >= 0.3 is 0 Å². The molecule has 4 nitrogen and oxygen atoms in total. The number of aryl methyl sites for hydroxylation is 1. The molecule has 0 aliphatic heterocycles. The molecule has 0 radical (unpaired) electrons. The zero-order valence-electron chi connectivity index (χ0n) is 10.5. The van der Waals surface area contributed by atoms with Crippen molar-refractivity contribution in [2.75, 3.05) is 20.2 Å². The number of rotatable bonds is 5. The summed E-state index contributed by atoms with van der Waals surface area (Å²) in [6, 6.07) is 0.760. The lowest BCUT2D eigenvalue weighted by Crippen LogP contribution is -2.26. The van der Waals surface area contributed by atoms with Gasteiger partial charge in [0.05, 0.1) is 0 Å². The monoisotopic (exact) mass is 255 g/mol. The lowest BCUT2D eigenvalue weighted by molar-refractivity contribution is 0.225. The summed E-state index contributed by atoms with van der Waals surface area (Å²) in [5, 5.41) is 0.475. The quantitative estimate of drug-likeness (QED) is 0.757. The van der Waals surface area contributed by atoms with E-state index in [4.69, 9.17) is 16.3 Å². The molecule has 1 aliphatic rings. The van der Waals surface area contributed by atoms with E-state index in [1.807, 2.05) is 13.8 Å². The molecule has 1 heterocycles. The van der Waals surface area contributed by atoms with Gasteiger partial charge in [-0.1, -0.05) is 11.6 Å². The van der Waals surface area contributed by atoms with Crippen LogP contribution in [0.15, 0.2) is 0 Å². The van der Waals surface area contributed by atoms with Crippen LogP contribution >= 0.6 is 11.6 Å². The van der Waals surface area contributed by atoms with E-state index >= 15 is 0 Å². The average Bonchev–Trinajstić information content (AvgIpc) is 3.08. The fourth-order valence-electron chi connectivity index (χ4n) is 1.69. The summed E-state index contributed by atoms with van der Waals surface area (Å²) in [5.41, 5.74) is 0.811. The Balaban J connectivity index is 1.89. The van der Waals surface area contributed by atoms with Gasteiger partial charge in [0, 0.05) is 18.2 Å². The highest BCUT2D eigenvalue weighted by Gasteiger charge is 2.25. The molecule has 0 unspecified atom stereocenters. The molecule has 0 spiro atoms. The van der Waals surface area contributed by atoms with Gasteiger partial charge in [-0.05, 0) is 33.7 Å². The second-order valence-electron chi connectivity index (χ2n) is 4.55. The first-order valence-corrected chi connectivity index (χ1v) is 6.29. The molecule has 94 valence electrons. The van der Waals surface area contributed by atoms with E-state index < -0.39 is 0 Å². The highest BCUT2D eigenvalue weighted by Crippen LogP contribution is 2.25. The van der Waals surface area contributed by atoms with Crippen molar-refractivity contribution in [1.82, 2.24) is 14.9 Å². The third-order valence-electron chi connectivity index (χ3n) is 3.01. The molecule has 0 saturated heterocycles. The SMILES string of the molecule is Cc1nc(Cl)c(C)c(OCCN(C)C2CC2)n1. The molecule has 2 rings (SSSR count). The Bertz CT molecular complexity index is 407. The van der Waals surface area contributed by atoms with Crippen LogP contribution in [0.3, 0.4) is 0 Å². The maximum atomic E-state index is 5.98. The van der Waals surface area contributed by atoms with E-state index in [2.05, 4.69) is 21.9 Å². The van der Waals surface area contributed by atoms with Crippen molar-refractivity contribution in [3.8, 4) is 5.88 Å². The van der Waals surface area contributed by atoms with E-state index in [1.165, 1.54) is 12.8 Å². The van der Waals surface area contributed by atoms with Crippen LogP contribution in [0.1, 0.15) is 24.2 Å². The van der Waals surface area contributed by atoms with Gasteiger partial charge in [-0.3, -0.25) is 0 Å². The maximum absolute atomic E-state index is 5.98. The molecule has 0 atom stereocenters. The van der Waals surface area contributed by atoms with Crippen molar-refractivity contribution < 1.29 is 4.74 Å². The van der Waals surface area contributed by atoms with Gasteiger partial charge in [-0.2, -0.15) is 4.98 Å². The molecule has 1 aromatic rings. The van der Waals surface area contributed by atoms with E-state index in [-0.39, 0.29) is 0 Å². The van der Waals surface area contributed by atoms with Crippen molar-refractivity contribution >= 4 is 11.6 Å². The molecule has 0 aromatic carbocycles. The molecular weight excluding hydrogens is 238 g/mol. The van der Waals surface area contributed by atoms with Gasteiger partial charge in [0.1, 0.15) is 17.6 Å². The number of ether oxygens (including phenoxy) is 1. The maximum Gasteiger partial charge on any atom is 0.221 e. The second kappa shape index (κ2) is 5.19. The molecule has 1 aromatic heterocycles. The second-order valence-corrected chi connectivity index (χ2v) is 4.91. The number of likely N-dealkylation sites (N-methyl/N-ethyl adjacent to an activating group) is 1. The first-order chi connectivity index (χ1) is 8.08. The summed E-state index contributed by atoms with van der Waals surface area (Å²) in [7, 11) is 2.13. The largest absolute Gasteiger partial charge is 0.476 e. The first-order valence-electron chi connectivity index (χ1n) is 5.91. The van der Waals surface area contributed by atoms with Crippen LogP contribution in [0.5, 0.6) is 5.88 Å². The van der Waals surface area contributed by atoms with E-state index in [9.17, 15) is 0 Å². The van der Waals surface area contributed by atoms with Crippen molar-refractivity contribution in [3.05, 3.63) is 16.5 Å². The van der Waals surface area contributed by atoms with Gasteiger partial charge in [-0.15, -0.1) is 0 Å². The summed E-state index contributed by atoms with van der Waals surface area (Å²) in [6.45, 7) is 5.25. The van der Waals surface area contributed by atoms with Gasteiger partial charge in [0.25, 0.3) is 0 Å². The molecule has 0 amide bonds. The van der Waals surface area contributed by atoms with E-state index in [1.54, 1.807) is 0 Å². The Kier molecular flexibility index (Phi) is 3.84. The van der Waals surface area contributed by atoms with Crippen LogP contribution in [-0.4, -0.2) is 41.1 Å². The normalized spacial score (nSPS) is 15.4. The van der Waals surface area contributed by atoms with Gasteiger partial charge < -0.3 is 9.64 Å². The minimum atomic E-state index is 0.475. The first kappa shape index (κ1) is 12.6. The smallest absolute Gasteiger partial charge is 0.221 e. The fraction of sp³-hybridized carbons (Fsp3) is 0.667. The number of nitrogens with zero attached hydrogens (tertiary/aromatic N) is 3. The minimum absolute atomic E-state index is 0.475. The van der Waals surface area contributed by atoms with Crippen molar-refractivity contribution in [2.45, 2.75) is 32.7 Å². The van der Waals surface area contributed by atoms with Crippen LogP contribution in [-0.2, 0) is 0 Å². The van der Waals surface area contributed by atoms with Gasteiger partial charge in [0.2, 0.25) is 5.88 Å². The van der Waals surface area contributed by atoms with Crippen LogP contribution in [0, 0.1) is 13.8 Å². The number of halogens is 1. The molecule has 0 N–H and O–H groups in total. The predicted molar refractivity (Wildman–Crippen MR) is 67.7 cm³/mol. The van der Waals surface area contributed by atoms with E-state index in [0.717, 1.165) is 18.2 Å². The summed E-state index contributed by atoms with van der Waals surface area (Å²) in [6.07, 6.45) is 2.63. The van der Waals surface area contributed by atoms with Crippen molar-refractivity contribution in [2.24, 2.45) is 0 Å². The Morgan fingerprint density at radius 1 is 1.35 bits per heavy atom. The molecule has 5 heteroatoms. The molecule has 1 fully saturated rings. The fourth-order valence-corrected chi connectivity index (χ4v) is 1.90.